The molecule has 0 aromatic heterocycles. The number of Topliss-reactive ketones (excluding diaryl/α,β-unsaturated/α-hetero) is 1. The van der Waals surface area contributed by atoms with Gasteiger partial charge in [-0.2, -0.15) is 5.26 Å². The highest BCUT2D eigenvalue weighted by Gasteiger charge is 2.19. The van der Waals surface area contributed by atoms with E-state index in [2.05, 4.69) is 42.3 Å². The summed E-state index contributed by atoms with van der Waals surface area (Å²) in [5.41, 5.74) is 4.84. The largest absolute Gasteiger partial charge is 0.373 e. The van der Waals surface area contributed by atoms with Crippen LogP contribution in [0.5, 0.6) is 0 Å². The van der Waals surface area contributed by atoms with Gasteiger partial charge in [0.15, 0.2) is 5.78 Å². The first-order valence-electron chi connectivity index (χ1n) is 9.98. The standard InChI is InChI=1S/C24H26N4O2/c1-17-6-4-9-23(18(17)2)28-12-10-27(11-13-28)16-21(15-25)24(30)26-22-8-5-7-20(14-22)19(3)29/h4-9,14,16H,10-13H2,1-3H3,(H,26,30)/b21-16-. The Balaban J connectivity index is 1.65. The summed E-state index contributed by atoms with van der Waals surface area (Å²) in [6.07, 6.45) is 1.63. The van der Waals surface area contributed by atoms with Crippen molar-refractivity contribution in [2.45, 2.75) is 20.8 Å². The van der Waals surface area contributed by atoms with Crippen molar-refractivity contribution in [3.8, 4) is 6.07 Å². The number of amides is 1. The molecule has 30 heavy (non-hydrogen) atoms. The molecule has 1 N–H and O–H groups in total. The number of carbonyl (C=O) groups is 2. The second-order valence-electron chi connectivity index (χ2n) is 7.49. The van der Waals surface area contributed by atoms with Crippen molar-refractivity contribution in [2.75, 3.05) is 36.4 Å². The van der Waals surface area contributed by atoms with E-state index in [0.29, 0.717) is 11.3 Å². The third-order valence-electron chi connectivity index (χ3n) is 5.43. The van der Waals surface area contributed by atoms with Crippen LogP contribution in [0.4, 0.5) is 11.4 Å². The van der Waals surface area contributed by atoms with E-state index in [1.54, 1.807) is 30.5 Å². The van der Waals surface area contributed by atoms with Crippen LogP contribution in [0.15, 0.2) is 54.2 Å². The van der Waals surface area contributed by atoms with Crippen LogP contribution < -0.4 is 10.2 Å². The zero-order chi connectivity index (χ0) is 21.7. The van der Waals surface area contributed by atoms with E-state index in [-0.39, 0.29) is 11.4 Å². The van der Waals surface area contributed by atoms with E-state index in [4.69, 9.17) is 0 Å². The molecule has 0 saturated carbocycles. The Hall–Kier alpha value is -3.59. The minimum Gasteiger partial charge on any atom is -0.373 e. The fourth-order valence-electron chi connectivity index (χ4n) is 3.51. The maximum atomic E-state index is 12.5. The average Bonchev–Trinajstić information content (AvgIpc) is 2.74. The topological polar surface area (TPSA) is 76.4 Å². The molecule has 6 heteroatoms. The Morgan fingerprint density at radius 3 is 2.43 bits per heavy atom. The fraction of sp³-hybridized carbons (Fsp3) is 0.292. The number of nitrogens with one attached hydrogen (secondary N) is 1. The summed E-state index contributed by atoms with van der Waals surface area (Å²) in [5, 5.41) is 12.2. The van der Waals surface area contributed by atoms with Crippen LogP contribution in [-0.2, 0) is 4.79 Å². The number of ketones is 1. The molecule has 1 aliphatic heterocycles. The van der Waals surface area contributed by atoms with E-state index in [1.165, 1.54) is 23.7 Å². The lowest BCUT2D eigenvalue weighted by Crippen LogP contribution is -2.44. The molecule has 1 saturated heterocycles. The van der Waals surface area contributed by atoms with Gasteiger partial charge in [0.05, 0.1) is 0 Å². The van der Waals surface area contributed by atoms with Gasteiger partial charge in [-0.1, -0.05) is 24.3 Å². The normalized spacial score (nSPS) is 14.3. The highest BCUT2D eigenvalue weighted by atomic mass is 16.1. The van der Waals surface area contributed by atoms with E-state index in [9.17, 15) is 14.9 Å². The molecular weight excluding hydrogens is 376 g/mol. The molecular formula is C24H26N4O2. The van der Waals surface area contributed by atoms with E-state index >= 15 is 0 Å². The van der Waals surface area contributed by atoms with Gasteiger partial charge in [-0.15, -0.1) is 0 Å². The van der Waals surface area contributed by atoms with Crippen LogP contribution in [0, 0.1) is 25.2 Å². The van der Waals surface area contributed by atoms with Gasteiger partial charge in [-0.3, -0.25) is 9.59 Å². The maximum absolute atomic E-state index is 12.5. The van der Waals surface area contributed by atoms with Gasteiger partial charge in [0, 0.05) is 49.3 Å². The molecule has 154 valence electrons. The molecule has 0 bridgehead atoms. The van der Waals surface area contributed by atoms with Crippen LogP contribution in [0.25, 0.3) is 0 Å². The lowest BCUT2D eigenvalue weighted by Gasteiger charge is -2.36. The smallest absolute Gasteiger partial charge is 0.267 e. The SMILES string of the molecule is CC(=O)c1cccc(NC(=O)/C(C#N)=C\N2CCN(c3cccc(C)c3C)CC2)c1. The molecule has 0 spiro atoms. The summed E-state index contributed by atoms with van der Waals surface area (Å²) in [6.45, 7) is 8.82. The minimum atomic E-state index is -0.477. The summed E-state index contributed by atoms with van der Waals surface area (Å²) in [4.78, 5) is 28.4. The zero-order valence-electron chi connectivity index (χ0n) is 17.6. The number of nitriles is 1. The van der Waals surface area contributed by atoms with Crippen molar-refractivity contribution in [3.05, 3.63) is 70.9 Å². The highest BCUT2D eigenvalue weighted by molar-refractivity contribution is 6.07. The van der Waals surface area contributed by atoms with Crippen molar-refractivity contribution >= 4 is 23.1 Å². The molecule has 0 aliphatic carbocycles. The van der Waals surface area contributed by atoms with Crippen LogP contribution in [0.3, 0.4) is 0 Å². The molecule has 0 unspecified atom stereocenters. The van der Waals surface area contributed by atoms with Crippen LogP contribution >= 0.6 is 0 Å². The number of rotatable bonds is 5. The first-order valence-corrected chi connectivity index (χ1v) is 9.98. The number of carbonyl (C=O) groups excluding carboxylic acids is 2. The lowest BCUT2D eigenvalue weighted by atomic mass is 10.1. The van der Waals surface area contributed by atoms with Gasteiger partial charge in [-0.25, -0.2) is 0 Å². The number of hydrogen-bond donors (Lipinski definition) is 1. The summed E-state index contributed by atoms with van der Waals surface area (Å²) in [7, 11) is 0. The molecule has 1 amide bonds. The van der Waals surface area contributed by atoms with Gasteiger partial charge >= 0.3 is 0 Å². The van der Waals surface area contributed by atoms with Crippen molar-refractivity contribution in [1.82, 2.24) is 4.90 Å². The molecule has 2 aromatic carbocycles. The minimum absolute atomic E-state index is 0.0448. The monoisotopic (exact) mass is 402 g/mol. The number of aryl methyl sites for hydroxylation is 1. The van der Waals surface area contributed by atoms with Gasteiger partial charge < -0.3 is 15.1 Å². The zero-order valence-corrected chi connectivity index (χ0v) is 17.6. The number of nitrogens with zero attached hydrogens (tertiary/aromatic N) is 3. The molecule has 1 fully saturated rings. The van der Waals surface area contributed by atoms with Crippen LogP contribution in [0.2, 0.25) is 0 Å². The van der Waals surface area contributed by atoms with E-state index in [0.717, 1.165) is 26.2 Å². The predicted molar refractivity (Wildman–Crippen MR) is 118 cm³/mol. The van der Waals surface area contributed by atoms with Crippen molar-refractivity contribution in [1.29, 1.82) is 5.26 Å². The Bertz CT molecular complexity index is 1030. The van der Waals surface area contributed by atoms with E-state index < -0.39 is 5.91 Å². The summed E-state index contributed by atoms with van der Waals surface area (Å²) < 4.78 is 0. The lowest BCUT2D eigenvalue weighted by molar-refractivity contribution is -0.112. The second kappa shape index (κ2) is 9.27. The van der Waals surface area contributed by atoms with Crippen molar-refractivity contribution in [2.24, 2.45) is 0 Å². The second-order valence-corrected chi connectivity index (χ2v) is 7.49. The highest BCUT2D eigenvalue weighted by Crippen LogP contribution is 2.24. The number of benzene rings is 2. The quantitative estimate of drug-likeness (QED) is 0.469. The van der Waals surface area contributed by atoms with Gasteiger partial charge in [0.1, 0.15) is 11.6 Å². The Morgan fingerprint density at radius 2 is 1.77 bits per heavy atom. The summed E-state index contributed by atoms with van der Waals surface area (Å²) >= 11 is 0. The van der Waals surface area contributed by atoms with Crippen molar-refractivity contribution < 1.29 is 9.59 Å². The first-order chi connectivity index (χ1) is 14.4. The maximum Gasteiger partial charge on any atom is 0.267 e. The molecule has 2 aromatic rings. The summed E-state index contributed by atoms with van der Waals surface area (Å²) in [5.74, 6) is -0.556. The summed E-state index contributed by atoms with van der Waals surface area (Å²) in [6, 6.07) is 15.0. The van der Waals surface area contributed by atoms with Gasteiger partial charge in [0.25, 0.3) is 5.91 Å². The first kappa shape index (κ1) is 21.1. The predicted octanol–water partition coefficient (Wildman–Crippen LogP) is 3.67. The van der Waals surface area contributed by atoms with Gasteiger partial charge in [0.2, 0.25) is 0 Å². The third kappa shape index (κ3) is 4.87. The Labute approximate surface area is 177 Å². The van der Waals surface area contributed by atoms with Crippen LogP contribution in [-0.4, -0.2) is 42.8 Å². The fourth-order valence-corrected chi connectivity index (χ4v) is 3.51. The molecule has 0 radical (unpaired) electrons. The molecule has 0 atom stereocenters. The van der Waals surface area contributed by atoms with Crippen molar-refractivity contribution in [3.63, 3.8) is 0 Å². The molecule has 1 aliphatic rings. The Kier molecular flexibility index (Phi) is 6.53. The molecule has 3 rings (SSSR count). The van der Waals surface area contributed by atoms with Crippen LogP contribution in [0.1, 0.15) is 28.4 Å². The number of anilines is 2. The van der Waals surface area contributed by atoms with Gasteiger partial charge in [-0.05, 0) is 50.1 Å². The van der Waals surface area contributed by atoms with E-state index in [1.807, 2.05) is 11.0 Å². The number of hydrogen-bond acceptors (Lipinski definition) is 5. The molecule has 6 nitrogen and oxygen atoms in total. The third-order valence-corrected chi connectivity index (χ3v) is 5.43. The number of piperazine rings is 1. The molecule has 1 heterocycles. The average molecular weight is 402 g/mol. The Morgan fingerprint density at radius 1 is 1.07 bits per heavy atom.